The van der Waals surface area contributed by atoms with Crippen LogP contribution in [-0.4, -0.2) is 42.0 Å². The van der Waals surface area contributed by atoms with Crippen molar-refractivity contribution in [2.24, 2.45) is 0 Å². The number of benzene rings is 2. The fourth-order valence-electron chi connectivity index (χ4n) is 3.35. The molecule has 0 spiro atoms. The third kappa shape index (κ3) is 4.97. The number of anilines is 1. The van der Waals surface area contributed by atoms with Crippen LogP contribution in [0.25, 0.3) is 10.2 Å². The van der Waals surface area contributed by atoms with Crippen molar-refractivity contribution in [2.75, 3.05) is 31.1 Å². The molecule has 1 aromatic heterocycles. The lowest BCUT2D eigenvalue weighted by atomic mass is 10.1. The number of aryl methyl sites for hydroxylation is 3. The Kier molecular flexibility index (Phi) is 8.20. The number of fused-ring (bicyclic) bond motifs is 1. The standard InChI is InChI=1S/C23H29N3OS.ClH/c1-6-25(7-2)14-15-26(22(27)19-11-9-8-10-17(19)4)23-24-21-18(5)16(3)12-13-20(21)28-23;/h8-13H,6-7,14-15H2,1-5H3;1H. The summed E-state index contributed by atoms with van der Waals surface area (Å²) in [4.78, 5) is 22.5. The minimum atomic E-state index is 0. The molecular formula is C23H30ClN3OS. The van der Waals surface area contributed by atoms with E-state index in [4.69, 9.17) is 4.98 Å². The second-order valence-corrected chi connectivity index (χ2v) is 8.16. The fourth-order valence-corrected chi connectivity index (χ4v) is 4.40. The van der Waals surface area contributed by atoms with Crippen molar-refractivity contribution in [1.82, 2.24) is 9.88 Å². The third-order valence-electron chi connectivity index (χ3n) is 5.46. The number of halogens is 1. The van der Waals surface area contributed by atoms with Gasteiger partial charge in [-0.1, -0.05) is 49.4 Å². The Hall–Kier alpha value is -1.95. The summed E-state index contributed by atoms with van der Waals surface area (Å²) in [5.74, 6) is 0.0266. The molecule has 0 saturated carbocycles. The van der Waals surface area contributed by atoms with Gasteiger partial charge in [0.25, 0.3) is 5.91 Å². The minimum Gasteiger partial charge on any atom is -0.302 e. The number of hydrogen-bond donors (Lipinski definition) is 0. The van der Waals surface area contributed by atoms with E-state index < -0.39 is 0 Å². The zero-order valence-corrected chi connectivity index (χ0v) is 19.5. The lowest BCUT2D eigenvalue weighted by Crippen LogP contribution is -2.39. The predicted molar refractivity (Wildman–Crippen MR) is 127 cm³/mol. The van der Waals surface area contributed by atoms with Crippen molar-refractivity contribution < 1.29 is 4.79 Å². The summed E-state index contributed by atoms with van der Waals surface area (Å²) in [6.07, 6.45) is 0. The first-order valence-electron chi connectivity index (χ1n) is 9.92. The van der Waals surface area contributed by atoms with Crippen LogP contribution < -0.4 is 4.90 Å². The lowest BCUT2D eigenvalue weighted by Gasteiger charge is -2.25. The Morgan fingerprint density at radius 2 is 1.66 bits per heavy atom. The summed E-state index contributed by atoms with van der Waals surface area (Å²) < 4.78 is 1.13. The summed E-state index contributed by atoms with van der Waals surface area (Å²) in [6.45, 7) is 13.9. The zero-order valence-electron chi connectivity index (χ0n) is 17.9. The van der Waals surface area contributed by atoms with Gasteiger partial charge in [0.2, 0.25) is 0 Å². The molecule has 4 nitrogen and oxygen atoms in total. The van der Waals surface area contributed by atoms with E-state index in [1.165, 1.54) is 11.1 Å². The number of carbonyl (C=O) groups is 1. The van der Waals surface area contributed by atoms with Gasteiger partial charge in [-0.2, -0.15) is 0 Å². The van der Waals surface area contributed by atoms with Crippen LogP contribution in [0.2, 0.25) is 0 Å². The van der Waals surface area contributed by atoms with Crippen LogP contribution in [-0.2, 0) is 0 Å². The maximum absolute atomic E-state index is 13.5. The van der Waals surface area contributed by atoms with E-state index in [-0.39, 0.29) is 18.3 Å². The molecule has 0 aliphatic rings. The van der Waals surface area contributed by atoms with E-state index in [2.05, 4.69) is 44.7 Å². The van der Waals surface area contributed by atoms with Crippen molar-refractivity contribution in [3.63, 3.8) is 0 Å². The lowest BCUT2D eigenvalue weighted by molar-refractivity contribution is 0.0983. The van der Waals surface area contributed by atoms with E-state index in [0.717, 1.165) is 46.1 Å². The molecule has 0 N–H and O–H groups in total. The van der Waals surface area contributed by atoms with Crippen molar-refractivity contribution in [2.45, 2.75) is 34.6 Å². The number of hydrogen-bond acceptors (Lipinski definition) is 4. The smallest absolute Gasteiger partial charge is 0.260 e. The summed E-state index contributed by atoms with van der Waals surface area (Å²) in [6, 6.07) is 12.0. The Balaban J connectivity index is 0.00000300. The highest BCUT2D eigenvalue weighted by atomic mass is 35.5. The molecule has 29 heavy (non-hydrogen) atoms. The van der Waals surface area contributed by atoms with Crippen LogP contribution in [0.4, 0.5) is 5.13 Å². The topological polar surface area (TPSA) is 36.4 Å². The van der Waals surface area contributed by atoms with Crippen LogP contribution in [0.3, 0.4) is 0 Å². The molecule has 0 radical (unpaired) electrons. The third-order valence-corrected chi connectivity index (χ3v) is 6.50. The number of thiazole rings is 1. The Morgan fingerprint density at radius 1 is 0.966 bits per heavy atom. The molecule has 3 aromatic rings. The molecular weight excluding hydrogens is 402 g/mol. The fraction of sp³-hybridized carbons (Fsp3) is 0.391. The molecule has 0 atom stereocenters. The van der Waals surface area contributed by atoms with Gasteiger partial charge < -0.3 is 4.90 Å². The predicted octanol–water partition coefficient (Wildman–Crippen LogP) is 5.63. The van der Waals surface area contributed by atoms with Gasteiger partial charge in [-0.25, -0.2) is 4.98 Å². The molecule has 1 heterocycles. The maximum atomic E-state index is 13.5. The van der Waals surface area contributed by atoms with Crippen molar-refractivity contribution in [3.8, 4) is 0 Å². The minimum absolute atomic E-state index is 0. The summed E-state index contributed by atoms with van der Waals surface area (Å²) >= 11 is 1.60. The Morgan fingerprint density at radius 3 is 2.31 bits per heavy atom. The monoisotopic (exact) mass is 431 g/mol. The first kappa shape index (κ1) is 23.3. The first-order chi connectivity index (χ1) is 13.5. The van der Waals surface area contributed by atoms with Gasteiger partial charge in [-0.05, 0) is 62.7 Å². The average Bonchev–Trinajstić information content (AvgIpc) is 3.13. The number of likely N-dealkylation sites (N-methyl/N-ethyl adjacent to an activating group) is 1. The molecule has 0 fully saturated rings. The first-order valence-corrected chi connectivity index (χ1v) is 10.7. The van der Waals surface area contributed by atoms with Gasteiger partial charge in [0, 0.05) is 18.7 Å². The SMILES string of the molecule is CCN(CC)CCN(C(=O)c1ccccc1C)c1nc2c(C)c(C)ccc2s1.Cl. The molecule has 156 valence electrons. The summed E-state index contributed by atoms with van der Waals surface area (Å²) in [5, 5.41) is 0.782. The molecule has 0 saturated heterocycles. The largest absolute Gasteiger partial charge is 0.302 e. The van der Waals surface area contributed by atoms with Crippen LogP contribution in [0.15, 0.2) is 36.4 Å². The average molecular weight is 432 g/mol. The quantitative estimate of drug-likeness (QED) is 0.486. The van der Waals surface area contributed by atoms with Crippen molar-refractivity contribution in [1.29, 1.82) is 0 Å². The normalized spacial score (nSPS) is 11.0. The van der Waals surface area contributed by atoms with Crippen molar-refractivity contribution >= 4 is 45.0 Å². The van der Waals surface area contributed by atoms with Gasteiger partial charge in [0.05, 0.1) is 10.2 Å². The highest BCUT2D eigenvalue weighted by molar-refractivity contribution is 7.22. The second kappa shape index (κ2) is 10.2. The van der Waals surface area contributed by atoms with E-state index in [0.29, 0.717) is 6.54 Å². The van der Waals surface area contributed by atoms with Crippen LogP contribution in [0.1, 0.15) is 40.9 Å². The number of amides is 1. The molecule has 2 aromatic carbocycles. The molecule has 0 aliphatic heterocycles. The van der Waals surface area contributed by atoms with Gasteiger partial charge in [0.1, 0.15) is 0 Å². The highest BCUT2D eigenvalue weighted by Gasteiger charge is 2.23. The zero-order chi connectivity index (χ0) is 20.3. The highest BCUT2D eigenvalue weighted by Crippen LogP contribution is 2.32. The molecule has 0 aliphatic carbocycles. The maximum Gasteiger partial charge on any atom is 0.260 e. The Labute approximate surface area is 184 Å². The number of aromatic nitrogens is 1. The Bertz CT molecular complexity index is 981. The van der Waals surface area contributed by atoms with Crippen molar-refractivity contribution in [3.05, 3.63) is 58.7 Å². The molecule has 0 bridgehead atoms. The van der Waals surface area contributed by atoms with Gasteiger partial charge in [-0.3, -0.25) is 9.69 Å². The second-order valence-electron chi connectivity index (χ2n) is 7.15. The van der Waals surface area contributed by atoms with Gasteiger partial charge in [-0.15, -0.1) is 12.4 Å². The molecule has 3 rings (SSSR count). The number of rotatable bonds is 7. The molecule has 0 unspecified atom stereocenters. The summed E-state index contributed by atoms with van der Waals surface area (Å²) in [5.41, 5.74) is 5.16. The van der Waals surface area contributed by atoms with E-state index in [1.807, 2.05) is 36.1 Å². The van der Waals surface area contributed by atoms with Gasteiger partial charge in [0.15, 0.2) is 5.13 Å². The van der Waals surface area contributed by atoms with Crippen LogP contribution >= 0.6 is 23.7 Å². The van der Waals surface area contributed by atoms with E-state index >= 15 is 0 Å². The molecule has 6 heteroatoms. The van der Waals surface area contributed by atoms with E-state index in [1.54, 1.807) is 11.3 Å². The van der Waals surface area contributed by atoms with Crippen LogP contribution in [0, 0.1) is 20.8 Å². The van der Waals surface area contributed by atoms with Crippen LogP contribution in [0.5, 0.6) is 0 Å². The van der Waals surface area contributed by atoms with E-state index in [9.17, 15) is 4.79 Å². The molecule has 1 amide bonds. The number of carbonyl (C=O) groups excluding carboxylic acids is 1. The van der Waals surface area contributed by atoms with Gasteiger partial charge >= 0.3 is 0 Å². The number of nitrogens with zero attached hydrogens (tertiary/aromatic N) is 3. The summed E-state index contributed by atoms with van der Waals surface area (Å²) in [7, 11) is 0.